The standard InChI is InChI=1S/C12H14N4/c13-10-3-1-9(2-4-10)11-5-6-14-12-15-7-8-16(11)12/h1-4,7-8,11H,5-6,13H2,(H,14,15). The zero-order valence-corrected chi connectivity index (χ0v) is 8.93. The molecular weight excluding hydrogens is 200 g/mol. The highest BCUT2D eigenvalue weighted by atomic mass is 15.2. The van der Waals surface area contributed by atoms with Crippen LogP contribution >= 0.6 is 0 Å². The van der Waals surface area contributed by atoms with Crippen LogP contribution in [0.15, 0.2) is 36.7 Å². The van der Waals surface area contributed by atoms with Crippen LogP contribution in [0.25, 0.3) is 0 Å². The van der Waals surface area contributed by atoms with Crippen molar-refractivity contribution in [2.24, 2.45) is 0 Å². The maximum Gasteiger partial charge on any atom is 0.203 e. The summed E-state index contributed by atoms with van der Waals surface area (Å²) in [6, 6.07) is 8.46. The van der Waals surface area contributed by atoms with Crippen LogP contribution in [-0.2, 0) is 0 Å². The second-order valence-electron chi connectivity index (χ2n) is 4.06. The minimum Gasteiger partial charge on any atom is -0.399 e. The first-order valence-electron chi connectivity index (χ1n) is 5.47. The molecule has 2 heterocycles. The van der Waals surface area contributed by atoms with Crippen LogP contribution in [0.3, 0.4) is 0 Å². The van der Waals surface area contributed by atoms with E-state index in [-0.39, 0.29) is 0 Å². The van der Waals surface area contributed by atoms with Gasteiger partial charge in [-0.15, -0.1) is 0 Å². The lowest BCUT2D eigenvalue weighted by atomic mass is 10.0. The Morgan fingerprint density at radius 1 is 1.31 bits per heavy atom. The summed E-state index contributed by atoms with van der Waals surface area (Å²) in [6.07, 6.45) is 4.92. The SMILES string of the molecule is Nc1ccc(C2CCNc3nccn32)cc1. The molecule has 1 aromatic heterocycles. The molecule has 1 atom stereocenters. The molecule has 0 aliphatic carbocycles. The number of nitrogens with zero attached hydrogens (tertiary/aromatic N) is 2. The molecule has 82 valence electrons. The third-order valence-corrected chi connectivity index (χ3v) is 3.03. The van der Waals surface area contributed by atoms with Crippen LogP contribution in [0.4, 0.5) is 11.6 Å². The van der Waals surface area contributed by atoms with Gasteiger partial charge in [-0.2, -0.15) is 0 Å². The zero-order valence-electron chi connectivity index (χ0n) is 8.93. The normalized spacial score (nSPS) is 18.9. The van der Waals surface area contributed by atoms with E-state index in [0.29, 0.717) is 6.04 Å². The van der Waals surface area contributed by atoms with Gasteiger partial charge in [-0.1, -0.05) is 12.1 Å². The monoisotopic (exact) mass is 214 g/mol. The quantitative estimate of drug-likeness (QED) is 0.712. The van der Waals surface area contributed by atoms with E-state index in [2.05, 4.69) is 27.0 Å². The zero-order chi connectivity index (χ0) is 11.0. The summed E-state index contributed by atoms with van der Waals surface area (Å²) in [4.78, 5) is 4.28. The van der Waals surface area contributed by atoms with E-state index in [9.17, 15) is 0 Å². The highest BCUT2D eigenvalue weighted by molar-refractivity contribution is 5.42. The van der Waals surface area contributed by atoms with Gasteiger partial charge in [-0.25, -0.2) is 4.98 Å². The fourth-order valence-corrected chi connectivity index (χ4v) is 2.21. The molecule has 0 saturated heterocycles. The van der Waals surface area contributed by atoms with E-state index in [1.807, 2.05) is 24.5 Å². The Morgan fingerprint density at radius 3 is 2.94 bits per heavy atom. The van der Waals surface area contributed by atoms with Crippen molar-refractivity contribution in [1.82, 2.24) is 9.55 Å². The van der Waals surface area contributed by atoms with E-state index in [0.717, 1.165) is 24.6 Å². The summed E-state index contributed by atoms with van der Waals surface area (Å²) in [7, 11) is 0. The summed E-state index contributed by atoms with van der Waals surface area (Å²) in [6.45, 7) is 0.964. The minimum atomic E-state index is 0.374. The van der Waals surface area contributed by atoms with Gasteiger partial charge < -0.3 is 15.6 Å². The lowest BCUT2D eigenvalue weighted by Crippen LogP contribution is -2.23. The molecule has 0 radical (unpaired) electrons. The molecule has 0 spiro atoms. The lowest BCUT2D eigenvalue weighted by molar-refractivity contribution is 0.530. The molecule has 16 heavy (non-hydrogen) atoms. The molecule has 1 aliphatic heterocycles. The maximum atomic E-state index is 5.70. The minimum absolute atomic E-state index is 0.374. The van der Waals surface area contributed by atoms with Crippen LogP contribution in [0.1, 0.15) is 18.0 Å². The number of rotatable bonds is 1. The smallest absolute Gasteiger partial charge is 0.203 e. The Kier molecular flexibility index (Phi) is 2.06. The number of hydrogen-bond acceptors (Lipinski definition) is 3. The molecule has 0 bridgehead atoms. The summed E-state index contributed by atoms with van der Waals surface area (Å²) < 4.78 is 2.18. The van der Waals surface area contributed by atoms with Crippen LogP contribution in [-0.4, -0.2) is 16.1 Å². The Hall–Kier alpha value is -1.97. The van der Waals surface area contributed by atoms with Gasteiger partial charge in [0, 0.05) is 24.6 Å². The predicted octanol–water partition coefficient (Wildman–Crippen LogP) is 1.87. The Balaban J connectivity index is 2.00. The second kappa shape index (κ2) is 3.56. The average molecular weight is 214 g/mol. The third kappa shape index (κ3) is 1.43. The van der Waals surface area contributed by atoms with E-state index >= 15 is 0 Å². The van der Waals surface area contributed by atoms with E-state index in [4.69, 9.17) is 5.73 Å². The van der Waals surface area contributed by atoms with Crippen molar-refractivity contribution in [2.75, 3.05) is 17.6 Å². The molecule has 0 fully saturated rings. The van der Waals surface area contributed by atoms with Crippen molar-refractivity contribution < 1.29 is 0 Å². The first-order chi connectivity index (χ1) is 7.84. The van der Waals surface area contributed by atoms with Gasteiger partial charge in [0.15, 0.2) is 0 Å². The summed E-state index contributed by atoms with van der Waals surface area (Å²) in [5, 5.41) is 3.28. The number of nitrogens with two attached hydrogens (primary N) is 1. The summed E-state index contributed by atoms with van der Waals surface area (Å²) in [5.41, 5.74) is 7.80. The van der Waals surface area contributed by atoms with Gasteiger partial charge in [-0.3, -0.25) is 0 Å². The predicted molar refractivity (Wildman–Crippen MR) is 64.3 cm³/mol. The van der Waals surface area contributed by atoms with Gasteiger partial charge >= 0.3 is 0 Å². The molecule has 0 saturated carbocycles. The number of imidazole rings is 1. The van der Waals surface area contributed by atoms with E-state index in [1.54, 1.807) is 0 Å². The molecule has 3 rings (SSSR count). The van der Waals surface area contributed by atoms with Crippen molar-refractivity contribution in [3.63, 3.8) is 0 Å². The summed E-state index contributed by atoms with van der Waals surface area (Å²) >= 11 is 0. The number of anilines is 2. The van der Waals surface area contributed by atoms with Crippen molar-refractivity contribution in [3.8, 4) is 0 Å². The largest absolute Gasteiger partial charge is 0.399 e. The average Bonchev–Trinajstić information content (AvgIpc) is 2.78. The van der Waals surface area contributed by atoms with Crippen LogP contribution in [0, 0.1) is 0 Å². The molecule has 3 N–H and O–H groups in total. The Labute approximate surface area is 94.1 Å². The van der Waals surface area contributed by atoms with Crippen LogP contribution in [0.2, 0.25) is 0 Å². The number of aromatic nitrogens is 2. The van der Waals surface area contributed by atoms with Crippen molar-refractivity contribution in [3.05, 3.63) is 42.2 Å². The first-order valence-corrected chi connectivity index (χ1v) is 5.47. The molecule has 4 nitrogen and oxygen atoms in total. The molecule has 4 heteroatoms. The number of nitrogens with one attached hydrogen (secondary N) is 1. The maximum absolute atomic E-state index is 5.70. The van der Waals surface area contributed by atoms with Gasteiger partial charge in [-0.05, 0) is 24.1 Å². The number of nitrogen functional groups attached to an aromatic ring is 1. The topological polar surface area (TPSA) is 55.9 Å². The van der Waals surface area contributed by atoms with E-state index < -0.39 is 0 Å². The van der Waals surface area contributed by atoms with Crippen molar-refractivity contribution in [2.45, 2.75) is 12.5 Å². The fourth-order valence-electron chi connectivity index (χ4n) is 2.21. The first kappa shape index (κ1) is 9.27. The number of hydrogen-bond donors (Lipinski definition) is 2. The van der Waals surface area contributed by atoms with Gasteiger partial charge in [0.2, 0.25) is 5.95 Å². The highest BCUT2D eigenvalue weighted by Crippen LogP contribution is 2.28. The molecule has 1 aromatic carbocycles. The van der Waals surface area contributed by atoms with Gasteiger partial charge in [0.1, 0.15) is 0 Å². The van der Waals surface area contributed by atoms with Crippen LogP contribution in [0.5, 0.6) is 0 Å². The summed E-state index contributed by atoms with van der Waals surface area (Å²) in [5.74, 6) is 0.952. The van der Waals surface area contributed by atoms with Crippen LogP contribution < -0.4 is 11.1 Å². The second-order valence-corrected chi connectivity index (χ2v) is 4.06. The molecule has 2 aromatic rings. The molecule has 1 unspecified atom stereocenters. The third-order valence-electron chi connectivity index (χ3n) is 3.03. The molecular formula is C12H14N4. The fraction of sp³-hybridized carbons (Fsp3) is 0.250. The Bertz CT molecular complexity index is 486. The number of benzene rings is 1. The van der Waals surface area contributed by atoms with E-state index in [1.165, 1.54) is 5.56 Å². The molecule has 0 amide bonds. The van der Waals surface area contributed by atoms with Gasteiger partial charge in [0.25, 0.3) is 0 Å². The molecule has 1 aliphatic rings. The number of fused-ring (bicyclic) bond motifs is 1. The highest BCUT2D eigenvalue weighted by Gasteiger charge is 2.20. The van der Waals surface area contributed by atoms with Crippen molar-refractivity contribution in [1.29, 1.82) is 0 Å². The van der Waals surface area contributed by atoms with Crippen molar-refractivity contribution >= 4 is 11.6 Å². The lowest BCUT2D eigenvalue weighted by Gasteiger charge is -2.26. The Morgan fingerprint density at radius 2 is 2.12 bits per heavy atom. The van der Waals surface area contributed by atoms with Gasteiger partial charge in [0.05, 0.1) is 6.04 Å².